The van der Waals surface area contributed by atoms with Crippen molar-refractivity contribution in [2.24, 2.45) is 7.05 Å². The van der Waals surface area contributed by atoms with Crippen LogP contribution in [0.1, 0.15) is 16.7 Å². The van der Waals surface area contributed by atoms with Crippen LogP contribution in [-0.2, 0) is 7.05 Å². The molecule has 1 aliphatic heterocycles. The fourth-order valence-corrected chi connectivity index (χ4v) is 7.31. The van der Waals surface area contributed by atoms with E-state index in [1.165, 1.54) is 53.7 Å². The number of hydrogen-bond donors (Lipinski definition) is 0. The van der Waals surface area contributed by atoms with E-state index in [4.69, 9.17) is 18.6 Å². The molecule has 0 fully saturated rings. The summed E-state index contributed by atoms with van der Waals surface area (Å²) in [6, 6.07) is 47.3. The SMILES string of the molecule is C[n+]1c(-c2ccccc2)cc(/C=C/C=C2C=C(c3ccccc3)[Se]C(c3ccccc3)=C2)cc1-c1ccccc1.[O-][Cl+3]([O-])([O-])[O-]. The molecule has 224 valence electrons. The van der Waals surface area contributed by atoms with Crippen molar-refractivity contribution in [3.05, 3.63) is 180 Å². The van der Waals surface area contributed by atoms with E-state index in [0.717, 1.165) is 0 Å². The molecular formula is C38H30ClNO4Se. The third kappa shape index (κ3) is 9.32. The van der Waals surface area contributed by atoms with Crippen molar-refractivity contribution in [1.82, 2.24) is 0 Å². The van der Waals surface area contributed by atoms with E-state index < -0.39 is 10.2 Å². The first-order valence-corrected chi connectivity index (χ1v) is 17.1. The van der Waals surface area contributed by atoms with Gasteiger partial charge >= 0.3 is 232 Å². The Balaban J connectivity index is 0.000000743. The van der Waals surface area contributed by atoms with Crippen LogP contribution in [-0.4, -0.2) is 15.0 Å². The average molecular weight is 679 g/mol. The first-order valence-electron chi connectivity index (χ1n) is 14.1. The zero-order chi connectivity index (χ0) is 31.6. The van der Waals surface area contributed by atoms with Gasteiger partial charge in [-0.3, -0.25) is 0 Å². The Labute approximate surface area is 272 Å². The Morgan fingerprint density at radius 1 is 0.556 bits per heavy atom. The molecule has 0 unspecified atom stereocenters. The molecule has 1 aliphatic rings. The van der Waals surface area contributed by atoms with Crippen LogP contribution in [0.3, 0.4) is 0 Å². The maximum absolute atomic E-state index is 8.49. The standard InChI is InChI=1S/C38H30NSe.ClHO4/c1-39-35(31-17-6-2-7-18-31)25-29(26-36(39)32-19-8-3-9-20-32)15-14-16-30-27-37(33-21-10-4-11-22-33)40-38(28-30)34-23-12-5-13-24-34;2-1(3,4)5/h2-28H,1H3;(H,2,3,4,5)/q+1;/p-1/b15-14+;. The number of halogens is 1. The van der Waals surface area contributed by atoms with Gasteiger partial charge < -0.3 is 0 Å². The van der Waals surface area contributed by atoms with Gasteiger partial charge in [-0.25, -0.2) is 18.6 Å². The molecule has 0 atom stereocenters. The predicted molar refractivity (Wildman–Crippen MR) is 170 cm³/mol. The van der Waals surface area contributed by atoms with Gasteiger partial charge in [0.15, 0.2) is 0 Å². The minimum Gasteiger partial charge on any atom is -0.222 e. The Bertz CT molecular complexity index is 1720. The summed E-state index contributed by atoms with van der Waals surface area (Å²) in [7, 11) is -2.80. The van der Waals surface area contributed by atoms with E-state index in [0.29, 0.717) is 0 Å². The van der Waals surface area contributed by atoms with Crippen LogP contribution in [0.25, 0.3) is 37.5 Å². The summed E-state index contributed by atoms with van der Waals surface area (Å²) in [5.74, 6) is 0. The first kappa shape index (κ1) is 32.0. The van der Waals surface area contributed by atoms with Gasteiger partial charge in [0.1, 0.15) is 0 Å². The van der Waals surface area contributed by atoms with Crippen molar-refractivity contribution in [2.75, 3.05) is 0 Å². The van der Waals surface area contributed by atoms with Gasteiger partial charge in [0.05, 0.1) is 0 Å². The molecule has 0 bridgehead atoms. The van der Waals surface area contributed by atoms with Crippen LogP contribution in [0.15, 0.2) is 163 Å². The second-order valence-corrected chi connectivity index (χ2v) is 13.1. The molecule has 6 rings (SSSR count). The number of aromatic nitrogens is 1. The van der Waals surface area contributed by atoms with Gasteiger partial charge in [0, 0.05) is 0 Å². The van der Waals surface area contributed by atoms with Crippen molar-refractivity contribution in [1.29, 1.82) is 0 Å². The molecule has 2 heterocycles. The molecule has 45 heavy (non-hydrogen) atoms. The topological polar surface area (TPSA) is 96.1 Å². The zero-order valence-electron chi connectivity index (χ0n) is 24.5. The van der Waals surface area contributed by atoms with Gasteiger partial charge in [-0.05, 0) is 0 Å². The van der Waals surface area contributed by atoms with Crippen LogP contribution in [0.2, 0.25) is 0 Å². The normalized spacial score (nSPS) is 13.0. The van der Waals surface area contributed by atoms with Gasteiger partial charge in [-0.15, -0.1) is 10.2 Å². The molecule has 0 saturated carbocycles. The Kier molecular flexibility index (Phi) is 10.7. The summed E-state index contributed by atoms with van der Waals surface area (Å²) in [6.07, 6.45) is 11.3. The molecule has 0 radical (unpaired) electrons. The summed E-state index contributed by atoms with van der Waals surface area (Å²) in [5, 5.41) is 0. The summed E-state index contributed by atoms with van der Waals surface area (Å²) < 4.78 is 39.1. The van der Waals surface area contributed by atoms with Gasteiger partial charge in [0.2, 0.25) is 0 Å². The zero-order valence-corrected chi connectivity index (χ0v) is 26.9. The second kappa shape index (κ2) is 15.1. The molecule has 0 saturated heterocycles. The van der Waals surface area contributed by atoms with E-state index in [2.05, 4.69) is 175 Å². The van der Waals surface area contributed by atoms with E-state index in [1.54, 1.807) is 0 Å². The summed E-state index contributed by atoms with van der Waals surface area (Å²) >= 11 is 0.243. The number of pyridine rings is 1. The predicted octanol–water partition coefficient (Wildman–Crippen LogP) is 3.83. The van der Waals surface area contributed by atoms with Crippen LogP contribution in [0.5, 0.6) is 0 Å². The van der Waals surface area contributed by atoms with Gasteiger partial charge in [-0.2, -0.15) is 0 Å². The second-order valence-electron chi connectivity index (χ2n) is 10.1. The van der Waals surface area contributed by atoms with E-state index in [9.17, 15) is 0 Å². The maximum Gasteiger partial charge on any atom is -0.112 e. The molecule has 5 nitrogen and oxygen atoms in total. The van der Waals surface area contributed by atoms with E-state index in [-0.39, 0.29) is 15.0 Å². The molecule has 0 amide bonds. The third-order valence-electron chi connectivity index (χ3n) is 6.98. The summed E-state index contributed by atoms with van der Waals surface area (Å²) in [4.78, 5) is 0. The molecule has 0 N–H and O–H groups in total. The Morgan fingerprint density at radius 3 is 1.29 bits per heavy atom. The first-order chi connectivity index (χ1) is 21.7. The molecule has 0 spiro atoms. The monoisotopic (exact) mass is 679 g/mol. The van der Waals surface area contributed by atoms with E-state index >= 15 is 0 Å². The minimum absolute atomic E-state index is 0.243. The number of benzene rings is 4. The number of rotatable bonds is 6. The minimum atomic E-state index is -4.94. The number of hydrogen-bond acceptors (Lipinski definition) is 4. The van der Waals surface area contributed by atoms with Crippen LogP contribution >= 0.6 is 0 Å². The molecule has 0 aliphatic carbocycles. The Hall–Kier alpha value is -4.36. The van der Waals surface area contributed by atoms with Crippen molar-refractivity contribution < 1.29 is 33.4 Å². The van der Waals surface area contributed by atoms with E-state index in [1.807, 2.05) is 0 Å². The Morgan fingerprint density at radius 2 is 0.911 bits per heavy atom. The summed E-state index contributed by atoms with van der Waals surface area (Å²) in [5.41, 5.74) is 9.78. The smallest absolute Gasteiger partial charge is 0.112 e. The third-order valence-corrected chi connectivity index (χ3v) is 9.38. The van der Waals surface area contributed by atoms with Crippen LogP contribution in [0, 0.1) is 10.2 Å². The van der Waals surface area contributed by atoms with Crippen LogP contribution < -0.4 is 23.2 Å². The summed E-state index contributed by atoms with van der Waals surface area (Å²) in [6.45, 7) is 0. The molecule has 1 aromatic heterocycles. The molecule has 4 aromatic carbocycles. The number of nitrogens with zero attached hydrogens (tertiary/aromatic N) is 1. The van der Waals surface area contributed by atoms with Crippen molar-refractivity contribution in [2.45, 2.75) is 0 Å². The quantitative estimate of drug-likeness (QED) is 0.202. The van der Waals surface area contributed by atoms with Gasteiger partial charge in [0.25, 0.3) is 0 Å². The van der Waals surface area contributed by atoms with Crippen molar-refractivity contribution in [3.63, 3.8) is 0 Å². The largest absolute Gasteiger partial charge is 0.222 e. The maximum atomic E-state index is 8.49. The van der Waals surface area contributed by atoms with Crippen LogP contribution in [0.4, 0.5) is 0 Å². The molecule has 7 heteroatoms. The fourth-order valence-electron chi connectivity index (χ4n) is 4.93. The van der Waals surface area contributed by atoms with Crippen molar-refractivity contribution >= 4 is 30.0 Å². The average Bonchev–Trinajstić information content (AvgIpc) is 3.06. The molecule has 5 aromatic rings. The molecular weight excluding hydrogens is 649 g/mol. The van der Waals surface area contributed by atoms with Crippen molar-refractivity contribution in [3.8, 4) is 22.5 Å². The number of allylic oxidation sites excluding steroid dienone is 5. The fraction of sp³-hybridized carbons (Fsp3) is 0.0263. The van der Waals surface area contributed by atoms with Gasteiger partial charge in [-0.1, -0.05) is 12.1 Å².